The molecule has 1 N–H and O–H groups in total. The Labute approximate surface area is 171 Å². The van der Waals surface area contributed by atoms with E-state index in [1.54, 1.807) is 17.5 Å². The Bertz CT molecular complexity index is 1020. The molecule has 3 aromatic rings. The fourth-order valence-corrected chi connectivity index (χ4v) is 4.58. The lowest BCUT2D eigenvalue weighted by Crippen LogP contribution is -2.32. The van der Waals surface area contributed by atoms with E-state index in [2.05, 4.69) is 15.2 Å². The zero-order valence-corrected chi connectivity index (χ0v) is 16.3. The van der Waals surface area contributed by atoms with Crippen LogP contribution >= 0.6 is 11.8 Å². The molecule has 1 aliphatic heterocycles. The second-order valence-electron chi connectivity index (χ2n) is 6.95. The highest BCUT2D eigenvalue weighted by atomic mass is 32.2. The van der Waals surface area contributed by atoms with E-state index in [0.29, 0.717) is 5.16 Å². The van der Waals surface area contributed by atoms with Crippen molar-refractivity contribution in [2.75, 3.05) is 5.75 Å². The standard InChI is InChI=1S/C20H19N5O3S/c26-17(11-29-20-21-12-22-23-20)25-19(16-7-3-9-28-16)15-6-1-4-13(18(15)24-25)10-14-5-2-8-27-14/h2-3,5,7-10,12,15,19H,1,4,6,11H2,(H,21,22,23)/b13-10+/t15-,19-/m0/s1. The third-order valence-corrected chi connectivity index (χ3v) is 6.04. The number of hydrogen-bond acceptors (Lipinski definition) is 7. The largest absolute Gasteiger partial charge is 0.467 e. The molecule has 1 fully saturated rings. The van der Waals surface area contributed by atoms with Crippen molar-refractivity contribution in [1.82, 2.24) is 20.2 Å². The van der Waals surface area contributed by atoms with Crippen LogP contribution in [-0.2, 0) is 4.79 Å². The molecule has 0 radical (unpaired) electrons. The maximum absolute atomic E-state index is 13.1. The molecule has 1 aliphatic carbocycles. The third kappa shape index (κ3) is 3.53. The third-order valence-electron chi connectivity index (χ3n) is 5.18. The van der Waals surface area contributed by atoms with Crippen LogP contribution in [0.2, 0.25) is 0 Å². The lowest BCUT2D eigenvalue weighted by molar-refractivity contribution is -0.131. The second kappa shape index (κ2) is 7.75. The number of allylic oxidation sites excluding steroid dienone is 1. The maximum atomic E-state index is 13.1. The molecular formula is C20H19N5O3S. The SMILES string of the molecule is O=C(CSc1ncn[nH]1)N1N=C2/C(=C/c3ccco3)CCC[C@@H]2[C@H]1c1ccco1. The van der Waals surface area contributed by atoms with Crippen molar-refractivity contribution in [3.63, 3.8) is 0 Å². The number of aromatic amines is 1. The molecule has 2 atom stereocenters. The van der Waals surface area contributed by atoms with E-state index in [1.807, 2.05) is 30.3 Å². The van der Waals surface area contributed by atoms with E-state index in [9.17, 15) is 4.79 Å². The lowest BCUT2D eigenvalue weighted by Gasteiger charge is -2.27. The van der Waals surface area contributed by atoms with Crippen molar-refractivity contribution in [3.8, 4) is 0 Å². The van der Waals surface area contributed by atoms with Gasteiger partial charge in [-0.05, 0) is 55.2 Å². The molecule has 29 heavy (non-hydrogen) atoms. The molecule has 0 unspecified atom stereocenters. The molecule has 1 saturated carbocycles. The highest BCUT2D eigenvalue weighted by molar-refractivity contribution is 7.99. The van der Waals surface area contributed by atoms with Crippen LogP contribution in [0.4, 0.5) is 0 Å². The van der Waals surface area contributed by atoms with E-state index < -0.39 is 0 Å². The van der Waals surface area contributed by atoms with Crippen LogP contribution in [0.1, 0.15) is 36.8 Å². The van der Waals surface area contributed by atoms with Gasteiger partial charge in [-0.25, -0.2) is 9.99 Å². The number of nitrogens with one attached hydrogen (secondary N) is 1. The summed E-state index contributed by atoms with van der Waals surface area (Å²) in [5.74, 6) is 1.78. The molecule has 4 heterocycles. The molecule has 8 nitrogen and oxygen atoms in total. The highest BCUT2D eigenvalue weighted by Crippen LogP contribution is 2.44. The van der Waals surface area contributed by atoms with Crippen LogP contribution in [0.25, 0.3) is 6.08 Å². The summed E-state index contributed by atoms with van der Waals surface area (Å²) in [5, 5.41) is 13.6. The van der Waals surface area contributed by atoms with Gasteiger partial charge in [0, 0.05) is 5.92 Å². The van der Waals surface area contributed by atoms with Gasteiger partial charge in [0.1, 0.15) is 23.9 Å². The van der Waals surface area contributed by atoms with Gasteiger partial charge in [0.2, 0.25) is 0 Å². The number of amides is 1. The zero-order valence-electron chi connectivity index (χ0n) is 15.5. The summed E-state index contributed by atoms with van der Waals surface area (Å²) in [6, 6.07) is 7.32. The minimum Gasteiger partial charge on any atom is -0.467 e. The molecule has 0 saturated heterocycles. The number of aromatic nitrogens is 3. The molecule has 0 aromatic carbocycles. The van der Waals surface area contributed by atoms with Gasteiger partial charge in [0.15, 0.2) is 5.16 Å². The van der Waals surface area contributed by atoms with Crippen LogP contribution in [-0.4, -0.2) is 37.6 Å². The maximum Gasteiger partial charge on any atom is 0.253 e. The zero-order chi connectivity index (χ0) is 19.6. The molecule has 1 amide bonds. The van der Waals surface area contributed by atoms with E-state index in [4.69, 9.17) is 13.9 Å². The Morgan fingerprint density at radius 1 is 1.31 bits per heavy atom. The van der Waals surface area contributed by atoms with Crippen molar-refractivity contribution in [2.24, 2.45) is 11.0 Å². The topological polar surface area (TPSA) is 101 Å². The van der Waals surface area contributed by atoms with Gasteiger partial charge in [-0.3, -0.25) is 9.89 Å². The minimum atomic E-state index is -0.233. The van der Waals surface area contributed by atoms with Gasteiger partial charge in [0.05, 0.1) is 24.0 Å². The quantitative estimate of drug-likeness (QED) is 0.641. The molecular weight excluding hydrogens is 390 g/mol. The monoisotopic (exact) mass is 409 g/mol. The number of hydrazone groups is 1. The number of nitrogens with zero attached hydrogens (tertiary/aromatic N) is 4. The predicted octanol–water partition coefficient (Wildman–Crippen LogP) is 3.91. The van der Waals surface area contributed by atoms with Crippen molar-refractivity contribution in [3.05, 3.63) is 60.2 Å². The number of furan rings is 2. The van der Waals surface area contributed by atoms with Gasteiger partial charge in [-0.15, -0.1) is 0 Å². The van der Waals surface area contributed by atoms with Crippen LogP contribution in [0.5, 0.6) is 0 Å². The number of fused-ring (bicyclic) bond motifs is 1. The van der Waals surface area contributed by atoms with Gasteiger partial charge in [-0.2, -0.15) is 10.2 Å². The van der Waals surface area contributed by atoms with E-state index >= 15 is 0 Å². The number of rotatable bonds is 5. The second-order valence-corrected chi connectivity index (χ2v) is 7.91. The fourth-order valence-electron chi connectivity index (χ4n) is 3.95. The van der Waals surface area contributed by atoms with Crippen molar-refractivity contribution >= 4 is 29.5 Å². The smallest absolute Gasteiger partial charge is 0.253 e. The summed E-state index contributed by atoms with van der Waals surface area (Å²) >= 11 is 1.31. The molecule has 148 valence electrons. The Morgan fingerprint density at radius 2 is 2.21 bits per heavy atom. The summed E-state index contributed by atoms with van der Waals surface area (Å²) in [4.78, 5) is 17.1. The number of hydrogen-bond donors (Lipinski definition) is 1. The van der Waals surface area contributed by atoms with Gasteiger partial charge in [0.25, 0.3) is 5.91 Å². The predicted molar refractivity (Wildman–Crippen MR) is 107 cm³/mol. The number of carbonyl (C=O) groups is 1. The van der Waals surface area contributed by atoms with Crippen molar-refractivity contribution < 1.29 is 13.6 Å². The Balaban J connectivity index is 1.45. The summed E-state index contributed by atoms with van der Waals surface area (Å²) in [6.07, 6.45) is 9.65. The van der Waals surface area contributed by atoms with E-state index in [0.717, 1.165) is 42.1 Å². The molecule has 3 aromatic heterocycles. The van der Waals surface area contributed by atoms with Gasteiger partial charge >= 0.3 is 0 Å². The summed E-state index contributed by atoms with van der Waals surface area (Å²) in [6.45, 7) is 0. The summed E-state index contributed by atoms with van der Waals surface area (Å²) in [5.41, 5.74) is 2.07. The first-order chi connectivity index (χ1) is 14.3. The molecule has 0 bridgehead atoms. The number of thioether (sulfide) groups is 1. The van der Waals surface area contributed by atoms with Crippen molar-refractivity contribution in [2.45, 2.75) is 30.5 Å². The van der Waals surface area contributed by atoms with Crippen LogP contribution < -0.4 is 0 Å². The molecule has 2 aliphatic rings. The van der Waals surface area contributed by atoms with Crippen molar-refractivity contribution in [1.29, 1.82) is 0 Å². The molecule has 0 spiro atoms. The summed E-state index contributed by atoms with van der Waals surface area (Å²) < 4.78 is 11.2. The lowest BCUT2D eigenvalue weighted by atomic mass is 9.79. The highest BCUT2D eigenvalue weighted by Gasteiger charge is 2.45. The fraction of sp³-hybridized carbons (Fsp3) is 0.300. The minimum absolute atomic E-state index is 0.0907. The van der Waals surface area contributed by atoms with Crippen LogP contribution in [0.3, 0.4) is 0 Å². The Kier molecular flexibility index (Phi) is 4.81. The van der Waals surface area contributed by atoms with E-state index in [-0.39, 0.29) is 23.6 Å². The normalized spacial score (nSPS) is 22.7. The molecule has 9 heteroatoms. The number of carbonyl (C=O) groups excluding carboxylic acids is 1. The van der Waals surface area contributed by atoms with E-state index in [1.165, 1.54) is 18.1 Å². The summed E-state index contributed by atoms with van der Waals surface area (Å²) in [7, 11) is 0. The Hall–Kier alpha value is -3.07. The first kappa shape index (κ1) is 18.0. The Morgan fingerprint density at radius 3 is 2.97 bits per heavy atom. The number of H-pyrrole nitrogens is 1. The van der Waals surface area contributed by atoms with Crippen LogP contribution in [0, 0.1) is 5.92 Å². The first-order valence-electron chi connectivity index (χ1n) is 9.46. The van der Waals surface area contributed by atoms with Gasteiger partial charge < -0.3 is 8.83 Å². The average Bonchev–Trinajstić information content (AvgIpc) is 3.53. The molecule has 5 rings (SSSR count). The first-order valence-corrected chi connectivity index (χ1v) is 10.4. The van der Waals surface area contributed by atoms with Crippen LogP contribution in [0.15, 0.2) is 67.8 Å². The van der Waals surface area contributed by atoms with Gasteiger partial charge in [-0.1, -0.05) is 11.8 Å². The average molecular weight is 409 g/mol.